The van der Waals surface area contributed by atoms with Crippen molar-refractivity contribution in [1.29, 1.82) is 0 Å². The molecule has 0 amide bonds. The molecule has 8 rings (SSSR count). The molecule has 6 aromatic carbocycles. The first kappa shape index (κ1) is 35.9. The van der Waals surface area contributed by atoms with Gasteiger partial charge < -0.3 is 5.32 Å². The number of benzene rings is 6. The van der Waals surface area contributed by atoms with Crippen LogP contribution in [0.25, 0.3) is 61.1 Å². The van der Waals surface area contributed by atoms with Gasteiger partial charge in [0.15, 0.2) is 0 Å². The van der Waals surface area contributed by atoms with Crippen LogP contribution in [0.15, 0.2) is 200 Å². The average Bonchev–Trinajstić information content (AvgIpc) is 3.25. The van der Waals surface area contributed by atoms with Crippen LogP contribution in [0.4, 0.5) is 11.4 Å². The molecule has 1 N–H and O–H groups in total. The van der Waals surface area contributed by atoms with Crippen LogP contribution in [0.1, 0.15) is 39.2 Å². The Morgan fingerprint density at radius 1 is 0.611 bits per heavy atom. The van der Waals surface area contributed by atoms with Crippen molar-refractivity contribution in [3.8, 4) is 44.8 Å². The van der Waals surface area contributed by atoms with Gasteiger partial charge in [-0.15, -0.1) is 0 Å². The molecule has 1 aliphatic carbocycles. The summed E-state index contributed by atoms with van der Waals surface area (Å²) in [7, 11) is 0. The number of hydrogen-bond acceptors (Lipinski definition) is 2. The summed E-state index contributed by atoms with van der Waals surface area (Å²) in [6.07, 6.45) is 10.8. The predicted molar refractivity (Wildman–Crippen MR) is 234 cm³/mol. The second-order valence-electron chi connectivity index (χ2n) is 13.2. The van der Waals surface area contributed by atoms with E-state index >= 15 is 0 Å². The van der Waals surface area contributed by atoms with Crippen LogP contribution in [0.3, 0.4) is 0 Å². The van der Waals surface area contributed by atoms with Gasteiger partial charge in [-0.2, -0.15) is 0 Å². The first-order valence-corrected chi connectivity index (χ1v) is 19.0. The molecule has 2 heteroatoms. The molecule has 0 saturated carbocycles. The Kier molecular flexibility index (Phi) is 11.2. The highest BCUT2D eigenvalue weighted by molar-refractivity contribution is 6.03. The lowest BCUT2D eigenvalue weighted by Crippen LogP contribution is -2.02. The van der Waals surface area contributed by atoms with Crippen molar-refractivity contribution in [3.63, 3.8) is 0 Å². The first-order chi connectivity index (χ1) is 26.6. The van der Waals surface area contributed by atoms with E-state index in [1.54, 1.807) is 0 Å². The summed E-state index contributed by atoms with van der Waals surface area (Å²) in [6, 6.07) is 55.7. The first-order valence-electron chi connectivity index (χ1n) is 19.0. The zero-order valence-electron chi connectivity index (χ0n) is 31.4. The summed E-state index contributed by atoms with van der Waals surface area (Å²) in [5.41, 5.74) is 15.5. The average molecular weight is 699 g/mol. The zero-order chi connectivity index (χ0) is 37.3. The highest BCUT2D eigenvalue weighted by atomic mass is 14.9. The van der Waals surface area contributed by atoms with Gasteiger partial charge in [-0.05, 0) is 99.8 Å². The molecule has 54 heavy (non-hydrogen) atoms. The number of allylic oxidation sites excluding steroid dienone is 7. The molecule has 0 bridgehead atoms. The quantitative estimate of drug-likeness (QED) is 0.162. The van der Waals surface area contributed by atoms with Crippen LogP contribution in [0.2, 0.25) is 0 Å². The van der Waals surface area contributed by atoms with Gasteiger partial charge in [-0.3, -0.25) is 0 Å². The summed E-state index contributed by atoms with van der Waals surface area (Å²) in [6.45, 7) is 10.8. The Hall–Kier alpha value is -6.51. The van der Waals surface area contributed by atoms with Crippen LogP contribution in [0, 0.1) is 0 Å². The minimum Gasteiger partial charge on any atom is -0.355 e. The van der Waals surface area contributed by atoms with E-state index in [9.17, 15) is 0 Å². The number of hydrogen-bond donors (Lipinski definition) is 1. The molecule has 264 valence electrons. The predicted octanol–water partition coefficient (Wildman–Crippen LogP) is 14.9. The normalized spacial score (nSPS) is 12.4. The number of aromatic nitrogens is 1. The standard InChI is InChI=1S/C50H40N2.C2H6/c1-3-15-38-18-10-12-24-45(38)35(2)50-46-25-13-11-19-39(46)30-31-47(50)51-44-23-14-22-42(32-44)43-33-48(40-20-8-5-9-21-40)52-49(34-43)41-28-26-37(27-29-41)36-16-6-4-7-17-36;1-2/h3-11,13-23,25-34,51H,2,12,24H2,1H3;1-2H3/b15-3-;. The fourth-order valence-electron chi connectivity index (χ4n) is 7.19. The largest absolute Gasteiger partial charge is 0.355 e. The third-order valence-electron chi connectivity index (χ3n) is 9.81. The summed E-state index contributed by atoms with van der Waals surface area (Å²) in [5, 5.41) is 6.22. The van der Waals surface area contributed by atoms with Gasteiger partial charge in [0.05, 0.1) is 11.4 Å². The fraction of sp³-hybridized carbons (Fsp3) is 0.0962. The van der Waals surface area contributed by atoms with Crippen molar-refractivity contribution in [2.75, 3.05) is 5.32 Å². The Labute approximate surface area is 320 Å². The lowest BCUT2D eigenvalue weighted by molar-refractivity contribution is 0.985. The number of anilines is 2. The van der Waals surface area contributed by atoms with E-state index in [0.717, 1.165) is 69.0 Å². The summed E-state index contributed by atoms with van der Waals surface area (Å²) in [5.74, 6) is 0. The van der Waals surface area contributed by atoms with E-state index in [1.165, 1.54) is 33.0 Å². The van der Waals surface area contributed by atoms with Gasteiger partial charge in [-0.25, -0.2) is 4.98 Å². The summed E-state index contributed by atoms with van der Waals surface area (Å²) >= 11 is 0. The van der Waals surface area contributed by atoms with Gasteiger partial charge in [-0.1, -0.05) is 172 Å². The molecule has 2 nitrogen and oxygen atoms in total. The number of nitrogens with one attached hydrogen (secondary N) is 1. The van der Waals surface area contributed by atoms with E-state index in [0.29, 0.717) is 0 Å². The van der Waals surface area contributed by atoms with E-state index in [4.69, 9.17) is 11.6 Å². The Balaban J connectivity index is 0.00000221. The molecule has 7 aromatic rings. The minimum atomic E-state index is 0.939. The number of nitrogens with zero attached hydrogens (tertiary/aromatic N) is 1. The second kappa shape index (κ2) is 16.9. The third kappa shape index (κ3) is 7.79. The molecule has 0 spiro atoms. The van der Waals surface area contributed by atoms with Crippen molar-refractivity contribution >= 4 is 27.7 Å². The summed E-state index contributed by atoms with van der Waals surface area (Å²) in [4.78, 5) is 5.18. The van der Waals surface area contributed by atoms with E-state index in [-0.39, 0.29) is 0 Å². The number of rotatable bonds is 9. The van der Waals surface area contributed by atoms with Gasteiger partial charge in [0, 0.05) is 28.1 Å². The molecule has 1 aliphatic rings. The van der Waals surface area contributed by atoms with Crippen molar-refractivity contribution in [2.45, 2.75) is 33.6 Å². The Bertz CT molecular complexity index is 2480. The second-order valence-corrected chi connectivity index (χ2v) is 13.2. The SMILES string of the molecule is C=C(C1=C(/C=C\C)C=CCC1)c1c(Nc2cccc(-c3cc(-c4ccccc4)nc(-c4ccc(-c5ccccc5)cc4)c3)c2)ccc2ccccc12.CC. The molecule has 0 unspecified atom stereocenters. The van der Waals surface area contributed by atoms with Crippen molar-refractivity contribution in [2.24, 2.45) is 0 Å². The molecule has 0 atom stereocenters. The van der Waals surface area contributed by atoms with Gasteiger partial charge in [0.25, 0.3) is 0 Å². The lowest BCUT2D eigenvalue weighted by atomic mass is 9.85. The minimum absolute atomic E-state index is 0.939. The van der Waals surface area contributed by atoms with Crippen LogP contribution in [-0.4, -0.2) is 4.98 Å². The van der Waals surface area contributed by atoms with Gasteiger partial charge >= 0.3 is 0 Å². The topological polar surface area (TPSA) is 24.9 Å². The van der Waals surface area contributed by atoms with Crippen LogP contribution in [-0.2, 0) is 0 Å². The molecule has 1 heterocycles. The maximum Gasteiger partial charge on any atom is 0.0715 e. The lowest BCUT2D eigenvalue weighted by Gasteiger charge is -2.22. The third-order valence-corrected chi connectivity index (χ3v) is 9.81. The number of pyridine rings is 1. The number of fused-ring (bicyclic) bond motifs is 1. The van der Waals surface area contributed by atoms with Crippen LogP contribution >= 0.6 is 0 Å². The maximum absolute atomic E-state index is 5.18. The van der Waals surface area contributed by atoms with Crippen LogP contribution in [0.5, 0.6) is 0 Å². The molecular formula is C52H46N2. The highest BCUT2D eigenvalue weighted by Crippen LogP contribution is 2.41. The molecule has 0 saturated heterocycles. The van der Waals surface area contributed by atoms with Gasteiger partial charge in [0.2, 0.25) is 0 Å². The van der Waals surface area contributed by atoms with E-state index in [2.05, 4.69) is 182 Å². The monoisotopic (exact) mass is 698 g/mol. The Morgan fingerprint density at radius 3 is 1.94 bits per heavy atom. The fourth-order valence-corrected chi connectivity index (χ4v) is 7.19. The molecule has 0 aliphatic heterocycles. The maximum atomic E-state index is 5.18. The highest BCUT2D eigenvalue weighted by Gasteiger charge is 2.18. The molecule has 1 aromatic heterocycles. The zero-order valence-corrected chi connectivity index (χ0v) is 31.4. The summed E-state index contributed by atoms with van der Waals surface area (Å²) < 4.78 is 0. The molecule has 0 fully saturated rings. The Morgan fingerprint density at radius 2 is 1.22 bits per heavy atom. The van der Waals surface area contributed by atoms with Gasteiger partial charge in [0.1, 0.15) is 0 Å². The van der Waals surface area contributed by atoms with Crippen LogP contribution < -0.4 is 5.32 Å². The van der Waals surface area contributed by atoms with E-state index in [1.807, 2.05) is 26.0 Å². The molecular weight excluding hydrogens is 653 g/mol. The van der Waals surface area contributed by atoms with Crippen molar-refractivity contribution < 1.29 is 0 Å². The van der Waals surface area contributed by atoms with Crippen molar-refractivity contribution in [1.82, 2.24) is 4.98 Å². The van der Waals surface area contributed by atoms with E-state index < -0.39 is 0 Å². The molecule has 0 radical (unpaired) electrons. The smallest absolute Gasteiger partial charge is 0.0715 e. The van der Waals surface area contributed by atoms with Crippen molar-refractivity contribution in [3.05, 3.63) is 205 Å².